The summed E-state index contributed by atoms with van der Waals surface area (Å²) in [6.07, 6.45) is 0.704. The van der Waals surface area contributed by atoms with E-state index in [0.29, 0.717) is 18.2 Å². The second-order valence-electron chi connectivity index (χ2n) is 5.73. The van der Waals surface area contributed by atoms with Crippen molar-refractivity contribution in [3.05, 3.63) is 35.2 Å². The van der Waals surface area contributed by atoms with E-state index in [1.165, 1.54) is 4.68 Å². The molecule has 7 heteroatoms. The molecule has 1 aliphatic rings. The van der Waals surface area contributed by atoms with Crippen molar-refractivity contribution in [2.24, 2.45) is 0 Å². The van der Waals surface area contributed by atoms with E-state index in [2.05, 4.69) is 20.7 Å². The summed E-state index contributed by atoms with van der Waals surface area (Å²) in [5, 5.41) is 9.79. The SMILES string of the molecule is CCc1nc2n(n1)[C@@H](CC(=O)Nc1ccc(C)cc1C)C(=O)N2. The summed E-state index contributed by atoms with van der Waals surface area (Å²) in [5.41, 5.74) is 2.88. The van der Waals surface area contributed by atoms with Gasteiger partial charge in [0.05, 0.1) is 6.42 Å². The van der Waals surface area contributed by atoms with Crippen molar-refractivity contribution in [2.45, 2.75) is 39.7 Å². The highest BCUT2D eigenvalue weighted by atomic mass is 16.2. The van der Waals surface area contributed by atoms with Crippen molar-refractivity contribution < 1.29 is 9.59 Å². The van der Waals surface area contributed by atoms with Crippen molar-refractivity contribution in [1.29, 1.82) is 0 Å². The molecule has 1 aromatic heterocycles. The Morgan fingerprint density at radius 3 is 2.87 bits per heavy atom. The third-order valence-electron chi connectivity index (χ3n) is 3.86. The van der Waals surface area contributed by atoms with Crippen LogP contribution in [-0.4, -0.2) is 26.6 Å². The number of carbonyl (C=O) groups excluding carboxylic acids is 2. The standard InChI is InChI=1S/C16H19N5O2/c1-4-13-18-16-19-15(23)12(21(16)20-13)8-14(22)17-11-6-5-9(2)7-10(11)3/h5-7,12H,4,8H2,1-3H3,(H,17,22)(H,18,19,20,23)/t12-/m0/s1. The predicted molar refractivity (Wildman–Crippen MR) is 86.2 cm³/mol. The number of amides is 2. The Kier molecular flexibility index (Phi) is 3.85. The van der Waals surface area contributed by atoms with E-state index < -0.39 is 6.04 Å². The third kappa shape index (κ3) is 2.94. The Morgan fingerprint density at radius 1 is 1.39 bits per heavy atom. The average molecular weight is 313 g/mol. The molecular formula is C16H19N5O2. The van der Waals surface area contributed by atoms with Crippen molar-refractivity contribution in [1.82, 2.24) is 14.8 Å². The number of aryl methyl sites for hydroxylation is 3. The molecule has 0 radical (unpaired) electrons. The minimum atomic E-state index is -0.649. The summed E-state index contributed by atoms with van der Waals surface area (Å²) in [5.74, 6) is 0.591. The number of aromatic nitrogens is 3. The van der Waals surface area contributed by atoms with E-state index in [0.717, 1.165) is 16.8 Å². The van der Waals surface area contributed by atoms with Crippen LogP contribution in [0.15, 0.2) is 18.2 Å². The van der Waals surface area contributed by atoms with Gasteiger partial charge in [0, 0.05) is 12.1 Å². The summed E-state index contributed by atoms with van der Waals surface area (Å²) in [6.45, 7) is 5.88. The maximum absolute atomic E-state index is 12.3. The first-order valence-corrected chi connectivity index (χ1v) is 7.61. The molecule has 2 aromatic rings. The molecule has 23 heavy (non-hydrogen) atoms. The van der Waals surface area contributed by atoms with Crippen LogP contribution in [0.5, 0.6) is 0 Å². The van der Waals surface area contributed by atoms with Gasteiger partial charge < -0.3 is 5.32 Å². The summed E-state index contributed by atoms with van der Waals surface area (Å²) in [7, 11) is 0. The van der Waals surface area contributed by atoms with E-state index in [4.69, 9.17) is 0 Å². The zero-order valence-corrected chi connectivity index (χ0v) is 13.4. The second-order valence-corrected chi connectivity index (χ2v) is 5.73. The Balaban J connectivity index is 1.73. The van der Waals surface area contributed by atoms with Crippen molar-refractivity contribution in [3.8, 4) is 0 Å². The molecule has 7 nitrogen and oxygen atoms in total. The Bertz CT molecular complexity index is 781. The first kappa shape index (κ1) is 15.2. The molecule has 1 atom stereocenters. The Hall–Kier alpha value is -2.70. The summed E-state index contributed by atoms with van der Waals surface area (Å²) in [4.78, 5) is 28.5. The average Bonchev–Trinajstić information content (AvgIpc) is 3.01. The van der Waals surface area contributed by atoms with Crippen LogP contribution in [0.1, 0.15) is 36.3 Å². The number of fused-ring (bicyclic) bond motifs is 1. The van der Waals surface area contributed by atoms with Gasteiger partial charge in [-0.3, -0.25) is 14.9 Å². The smallest absolute Gasteiger partial charge is 0.252 e. The van der Waals surface area contributed by atoms with Crippen molar-refractivity contribution in [3.63, 3.8) is 0 Å². The van der Waals surface area contributed by atoms with Crippen LogP contribution in [-0.2, 0) is 16.0 Å². The maximum Gasteiger partial charge on any atom is 0.252 e. The third-order valence-corrected chi connectivity index (χ3v) is 3.86. The molecule has 2 amide bonds. The van der Waals surface area contributed by atoms with Gasteiger partial charge in [-0.05, 0) is 25.5 Å². The molecule has 0 unspecified atom stereocenters. The molecule has 0 saturated heterocycles. The number of nitrogens with zero attached hydrogens (tertiary/aromatic N) is 3. The van der Waals surface area contributed by atoms with E-state index in [-0.39, 0.29) is 18.2 Å². The molecule has 0 saturated carbocycles. The molecule has 2 N–H and O–H groups in total. The van der Waals surface area contributed by atoms with E-state index in [1.54, 1.807) is 0 Å². The highest BCUT2D eigenvalue weighted by Gasteiger charge is 2.34. The van der Waals surface area contributed by atoms with Gasteiger partial charge in [0.15, 0.2) is 5.82 Å². The molecule has 0 spiro atoms. The summed E-state index contributed by atoms with van der Waals surface area (Å²) in [6, 6.07) is 5.16. The fourth-order valence-corrected chi connectivity index (χ4v) is 2.63. The number of rotatable bonds is 4. The lowest BCUT2D eigenvalue weighted by Gasteiger charge is -2.12. The first-order chi connectivity index (χ1) is 11.0. The first-order valence-electron chi connectivity index (χ1n) is 7.61. The van der Waals surface area contributed by atoms with Gasteiger partial charge >= 0.3 is 0 Å². The van der Waals surface area contributed by atoms with Gasteiger partial charge in [-0.1, -0.05) is 24.6 Å². The molecular weight excluding hydrogens is 294 g/mol. The van der Waals surface area contributed by atoms with Crippen LogP contribution >= 0.6 is 0 Å². The Labute approximate surface area is 134 Å². The normalized spacial score (nSPS) is 16.1. The molecule has 1 aromatic carbocycles. The fraction of sp³-hybridized carbons (Fsp3) is 0.375. The van der Waals surface area contributed by atoms with Crippen LogP contribution < -0.4 is 10.6 Å². The van der Waals surface area contributed by atoms with Crippen LogP contribution in [0.4, 0.5) is 11.6 Å². The maximum atomic E-state index is 12.3. The lowest BCUT2D eigenvalue weighted by Crippen LogP contribution is -2.24. The number of hydrogen-bond acceptors (Lipinski definition) is 4. The van der Waals surface area contributed by atoms with E-state index in [1.807, 2.05) is 39.0 Å². The number of nitrogens with one attached hydrogen (secondary N) is 2. The molecule has 0 fully saturated rings. The van der Waals surface area contributed by atoms with Crippen molar-refractivity contribution in [2.75, 3.05) is 10.6 Å². The highest BCUT2D eigenvalue weighted by molar-refractivity contribution is 6.01. The minimum Gasteiger partial charge on any atom is -0.326 e. The molecule has 3 rings (SSSR count). The zero-order chi connectivity index (χ0) is 16.6. The Morgan fingerprint density at radius 2 is 2.17 bits per heavy atom. The number of anilines is 2. The number of benzene rings is 1. The van der Waals surface area contributed by atoms with Crippen LogP contribution in [0.2, 0.25) is 0 Å². The fourth-order valence-electron chi connectivity index (χ4n) is 2.63. The quantitative estimate of drug-likeness (QED) is 0.903. The summed E-state index contributed by atoms with van der Waals surface area (Å²) >= 11 is 0. The largest absolute Gasteiger partial charge is 0.326 e. The zero-order valence-electron chi connectivity index (χ0n) is 13.4. The molecule has 0 bridgehead atoms. The lowest BCUT2D eigenvalue weighted by molar-refractivity contribution is -0.123. The van der Waals surface area contributed by atoms with Gasteiger partial charge in [0.2, 0.25) is 11.9 Å². The molecule has 0 aliphatic carbocycles. The minimum absolute atomic E-state index is 0.0265. The molecule has 1 aliphatic heterocycles. The van der Waals surface area contributed by atoms with E-state index >= 15 is 0 Å². The van der Waals surface area contributed by atoms with Gasteiger partial charge in [-0.15, -0.1) is 0 Å². The number of carbonyl (C=O) groups is 2. The number of hydrogen-bond donors (Lipinski definition) is 2. The molecule has 120 valence electrons. The summed E-state index contributed by atoms with van der Waals surface area (Å²) < 4.78 is 1.50. The van der Waals surface area contributed by atoms with Gasteiger partial charge in [0.1, 0.15) is 6.04 Å². The van der Waals surface area contributed by atoms with Crippen LogP contribution in [0.25, 0.3) is 0 Å². The predicted octanol–water partition coefficient (Wildman–Crippen LogP) is 1.98. The van der Waals surface area contributed by atoms with Gasteiger partial charge in [0.25, 0.3) is 5.91 Å². The van der Waals surface area contributed by atoms with Gasteiger partial charge in [-0.2, -0.15) is 10.1 Å². The van der Waals surface area contributed by atoms with Crippen LogP contribution in [0.3, 0.4) is 0 Å². The topological polar surface area (TPSA) is 88.9 Å². The van der Waals surface area contributed by atoms with Gasteiger partial charge in [-0.25, -0.2) is 4.68 Å². The highest BCUT2D eigenvalue weighted by Crippen LogP contribution is 2.26. The monoisotopic (exact) mass is 313 g/mol. The second kappa shape index (κ2) is 5.83. The van der Waals surface area contributed by atoms with E-state index in [9.17, 15) is 9.59 Å². The lowest BCUT2D eigenvalue weighted by atomic mass is 10.1. The van der Waals surface area contributed by atoms with Crippen molar-refractivity contribution >= 4 is 23.5 Å². The van der Waals surface area contributed by atoms with Crippen LogP contribution in [0, 0.1) is 13.8 Å². The molecule has 2 heterocycles.